The Balaban J connectivity index is 1.26. The summed E-state index contributed by atoms with van der Waals surface area (Å²) in [5, 5.41) is 4.88. The van der Waals surface area contributed by atoms with Crippen molar-refractivity contribution >= 4 is 32.7 Å². The van der Waals surface area contributed by atoms with Gasteiger partial charge in [0.25, 0.3) is 0 Å². The van der Waals surface area contributed by atoms with Crippen molar-refractivity contribution in [1.29, 1.82) is 0 Å². The fourth-order valence-corrected chi connectivity index (χ4v) is 7.24. The van der Waals surface area contributed by atoms with Crippen LogP contribution in [0, 0.1) is 30.9 Å². The number of furan rings is 1. The third-order valence-electron chi connectivity index (χ3n) is 9.37. The van der Waals surface area contributed by atoms with Gasteiger partial charge < -0.3 is 4.42 Å². The first kappa shape index (κ1) is 26.3. The molecule has 0 aliphatic heterocycles. The predicted octanol–water partition coefficient (Wildman–Crippen LogP) is 11.0. The molecule has 6 aromatic carbocycles. The third-order valence-corrected chi connectivity index (χ3v) is 9.37. The maximum atomic E-state index is 6.67. The van der Waals surface area contributed by atoms with Crippen LogP contribution >= 0.6 is 0 Å². The van der Waals surface area contributed by atoms with Crippen molar-refractivity contribution < 1.29 is 4.42 Å². The number of fused-ring (bicyclic) bond motifs is 4. The fourth-order valence-electron chi connectivity index (χ4n) is 7.24. The molecule has 1 heterocycles. The second kappa shape index (κ2) is 11.1. The molecule has 0 saturated carbocycles. The van der Waals surface area contributed by atoms with Gasteiger partial charge in [-0.05, 0) is 94.1 Å². The minimum Gasteiger partial charge on any atom is -0.455 e. The fraction of sp³-hybridized carbons (Fsp3) is 0.116. The summed E-state index contributed by atoms with van der Waals surface area (Å²) in [7, 11) is 0. The van der Waals surface area contributed by atoms with Gasteiger partial charge in [-0.1, -0.05) is 127 Å². The molecule has 1 aromatic heterocycles. The highest BCUT2D eigenvalue weighted by Crippen LogP contribution is 2.44. The molecule has 8 rings (SSSR count). The smallest absolute Gasteiger partial charge is 0.143 e. The Hall–Kier alpha value is -5.32. The summed E-state index contributed by atoms with van der Waals surface area (Å²) in [6.07, 6.45) is 10.2. The molecule has 0 radical (unpaired) electrons. The van der Waals surface area contributed by atoms with Crippen molar-refractivity contribution in [2.45, 2.75) is 19.3 Å². The van der Waals surface area contributed by atoms with E-state index in [0.29, 0.717) is 5.92 Å². The van der Waals surface area contributed by atoms with Crippen LogP contribution in [-0.2, 0) is 6.42 Å². The Morgan fingerprint density at radius 2 is 1.57 bits per heavy atom. The number of aryl methyl sites for hydroxylation is 1. The van der Waals surface area contributed by atoms with Gasteiger partial charge in [-0.25, -0.2) is 0 Å². The molecular weight excluding hydrogens is 532 g/mol. The number of hydrogen-bond donors (Lipinski definition) is 0. The monoisotopic (exact) mass is 564 g/mol. The molecule has 0 saturated heterocycles. The molecule has 0 N–H and O–H groups in total. The van der Waals surface area contributed by atoms with Crippen LogP contribution in [0.1, 0.15) is 28.2 Å². The zero-order valence-corrected chi connectivity index (χ0v) is 24.7. The predicted molar refractivity (Wildman–Crippen MR) is 183 cm³/mol. The van der Waals surface area contributed by atoms with Crippen LogP contribution in [0.15, 0.2) is 150 Å². The molecule has 1 nitrogen and oxygen atoms in total. The van der Waals surface area contributed by atoms with E-state index in [2.05, 4.69) is 159 Å². The van der Waals surface area contributed by atoms with Gasteiger partial charge in [-0.2, -0.15) is 0 Å². The van der Waals surface area contributed by atoms with E-state index in [-0.39, 0.29) is 11.8 Å². The maximum absolute atomic E-state index is 6.67. The standard InChI is InChI=1S/C43H32O/c1-29-13-5-9-19-36(29)41(31-15-3-2-4-16-31)37-20-10-8-18-33(37)28-35-25-26-38(34-24-23-30-14-6-7-17-32(30)27-34)43-42(35)39-21-11-12-22-40(39)44-43/h3,5-27,33,37,41H,28H2,1H3. The Morgan fingerprint density at radius 3 is 2.45 bits per heavy atom. The first-order valence-corrected chi connectivity index (χ1v) is 15.4. The molecule has 3 unspecified atom stereocenters. The number of hydrogen-bond acceptors (Lipinski definition) is 1. The lowest BCUT2D eigenvalue weighted by atomic mass is 9.70. The molecule has 3 atom stereocenters. The minimum absolute atomic E-state index is 0.210. The first-order valence-electron chi connectivity index (χ1n) is 15.4. The highest BCUT2D eigenvalue weighted by molar-refractivity contribution is 6.11. The maximum Gasteiger partial charge on any atom is 0.143 e. The summed E-state index contributed by atoms with van der Waals surface area (Å²) < 4.78 is 6.67. The summed E-state index contributed by atoms with van der Waals surface area (Å²) >= 11 is 0. The molecule has 210 valence electrons. The quantitative estimate of drug-likeness (QED) is 0.196. The number of allylic oxidation sites excluding steroid dienone is 4. The van der Waals surface area contributed by atoms with E-state index in [1.54, 1.807) is 0 Å². The number of para-hydroxylation sites is 1. The lowest BCUT2D eigenvalue weighted by molar-refractivity contribution is 0.423. The molecule has 0 fully saturated rings. The van der Waals surface area contributed by atoms with Crippen molar-refractivity contribution in [3.05, 3.63) is 180 Å². The van der Waals surface area contributed by atoms with E-state index in [1.807, 2.05) is 6.07 Å². The van der Waals surface area contributed by atoms with E-state index in [1.165, 1.54) is 49.4 Å². The van der Waals surface area contributed by atoms with Crippen LogP contribution in [0.2, 0.25) is 0 Å². The molecule has 0 spiro atoms. The van der Waals surface area contributed by atoms with Crippen LogP contribution in [0.3, 0.4) is 0 Å². The topological polar surface area (TPSA) is 13.1 Å². The van der Waals surface area contributed by atoms with E-state index in [9.17, 15) is 0 Å². The van der Waals surface area contributed by atoms with Crippen molar-refractivity contribution in [3.63, 3.8) is 0 Å². The average Bonchev–Trinajstić information content (AvgIpc) is 3.47. The zero-order valence-electron chi connectivity index (χ0n) is 24.7. The Bertz CT molecular complexity index is 2180. The van der Waals surface area contributed by atoms with Crippen molar-refractivity contribution in [1.82, 2.24) is 0 Å². The zero-order chi connectivity index (χ0) is 29.5. The van der Waals surface area contributed by atoms with Crippen molar-refractivity contribution in [2.24, 2.45) is 11.8 Å². The molecule has 1 aliphatic carbocycles. The molecule has 0 amide bonds. The summed E-state index contributed by atoms with van der Waals surface area (Å²) in [5.41, 5.74) is 9.49. The summed E-state index contributed by atoms with van der Waals surface area (Å²) in [4.78, 5) is 0. The summed E-state index contributed by atoms with van der Waals surface area (Å²) in [6.45, 7) is 2.23. The van der Waals surface area contributed by atoms with E-state index >= 15 is 0 Å². The molecule has 0 bridgehead atoms. The largest absolute Gasteiger partial charge is 0.455 e. The highest BCUT2D eigenvalue weighted by atomic mass is 16.3. The van der Waals surface area contributed by atoms with Gasteiger partial charge in [-0.3, -0.25) is 0 Å². The van der Waals surface area contributed by atoms with E-state index in [0.717, 1.165) is 23.2 Å². The number of benzene rings is 5. The molecule has 7 aromatic rings. The van der Waals surface area contributed by atoms with Crippen LogP contribution in [-0.4, -0.2) is 0 Å². The molecular formula is C43H32O. The Labute approximate surface area is 258 Å². The molecule has 1 aliphatic rings. The van der Waals surface area contributed by atoms with Gasteiger partial charge in [-0.15, -0.1) is 0 Å². The third kappa shape index (κ3) is 4.61. The first-order chi connectivity index (χ1) is 21.7. The normalized spacial score (nSPS) is 16.8. The second-order valence-corrected chi connectivity index (χ2v) is 12.0. The lowest BCUT2D eigenvalue weighted by Gasteiger charge is -2.33. The molecule has 44 heavy (non-hydrogen) atoms. The van der Waals surface area contributed by atoms with Crippen molar-refractivity contribution in [3.8, 4) is 11.1 Å². The molecule has 1 heteroatoms. The Kier molecular flexibility index (Phi) is 6.62. The van der Waals surface area contributed by atoms with E-state index < -0.39 is 0 Å². The van der Waals surface area contributed by atoms with Gasteiger partial charge in [0.1, 0.15) is 11.2 Å². The van der Waals surface area contributed by atoms with Gasteiger partial charge in [0.15, 0.2) is 0 Å². The van der Waals surface area contributed by atoms with Gasteiger partial charge in [0.2, 0.25) is 0 Å². The Morgan fingerprint density at radius 1 is 0.750 bits per heavy atom. The number of rotatable bonds is 6. The van der Waals surface area contributed by atoms with Crippen LogP contribution < -0.4 is 0 Å². The SMILES string of the molecule is Cc1ccccc1C(c1cc#ccc1)C1C=CC=CC1Cc1ccc(-c2ccc3ccccc3c2)c2oc3ccccc3c12. The van der Waals surface area contributed by atoms with Gasteiger partial charge in [0, 0.05) is 22.3 Å². The van der Waals surface area contributed by atoms with Crippen LogP contribution in [0.5, 0.6) is 0 Å². The van der Waals surface area contributed by atoms with E-state index in [4.69, 9.17) is 4.42 Å². The average molecular weight is 565 g/mol. The van der Waals surface area contributed by atoms with Crippen LogP contribution in [0.25, 0.3) is 43.8 Å². The van der Waals surface area contributed by atoms with Crippen LogP contribution in [0.4, 0.5) is 0 Å². The van der Waals surface area contributed by atoms with Crippen molar-refractivity contribution in [2.75, 3.05) is 0 Å². The minimum atomic E-state index is 0.210. The second-order valence-electron chi connectivity index (χ2n) is 12.0. The summed E-state index contributed by atoms with van der Waals surface area (Å²) in [6, 6.07) is 49.8. The lowest BCUT2D eigenvalue weighted by Crippen LogP contribution is -2.24. The summed E-state index contributed by atoms with van der Waals surface area (Å²) in [5.74, 6) is 0.796. The van der Waals surface area contributed by atoms with Gasteiger partial charge >= 0.3 is 0 Å². The van der Waals surface area contributed by atoms with Gasteiger partial charge in [0.05, 0.1) is 0 Å². The highest BCUT2D eigenvalue weighted by Gasteiger charge is 2.31.